The van der Waals surface area contributed by atoms with E-state index < -0.39 is 80.7 Å². The maximum atomic E-state index is 10.3. The maximum absolute atomic E-state index is 10.3. The van der Waals surface area contributed by atoms with Crippen molar-refractivity contribution in [2.75, 3.05) is 13.2 Å². The molecular formula is C20H27NO11. The van der Waals surface area contributed by atoms with E-state index in [1.807, 2.05) is 6.07 Å². The second-order valence-corrected chi connectivity index (χ2v) is 7.60. The Kier molecular flexibility index (Phi) is 8.50. The van der Waals surface area contributed by atoms with Crippen LogP contribution in [0, 0.1) is 11.3 Å². The van der Waals surface area contributed by atoms with Gasteiger partial charge in [0.2, 0.25) is 0 Å². The highest BCUT2D eigenvalue weighted by molar-refractivity contribution is 5.22. The summed E-state index contributed by atoms with van der Waals surface area (Å²) in [6, 6.07) is 10.3. The number of nitriles is 1. The molecule has 2 aliphatic heterocycles. The van der Waals surface area contributed by atoms with Crippen molar-refractivity contribution in [3.05, 3.63) is 35.9 Å². The van der Waals surface area contributed by atoms with Crippen LogP contribution in [0.5, 0.6) is 0 Å². The summed E-state index contributed by atoms with van der Waals surface area (Å²) in [5, 5.41) is 79.1. The van der Waals surface area contributed by atoms with Crippen LogP contribution in [-0.2, 0) is 18.9 Å². The lowest BCUT2D eigenvalue weighted by atomic mass is 9.98. The fraction of sp³-hybridized carbons (Fsp3) is 0.650. The van der Waals surface area contributed by atoms with Crippen molar-refractivity contribution < 1.29 is 54.7 Å². The number of hydrogen-bond donors (Lipinski definition) is 7. The second-order valence-electron chi connectivity index (χ2n) is 7.60. The first kappa shape index (κ1) is 24.9. The molecule has 0 saturated carbocycles. The van der Waals surface area contributed by atoms with Crippen LogP contribution in [-0.4, -0.2) is 110 Å². The van der Waals surface area contributed by atoms with Gasteiger partial charge in [0.15, 0.2) is 18.7 Å². The highest BCUT2D eigenvalue weighted by Gasteiger charge is 2.48. The molecule has 0 spiro atoms. The summed E-state index contributed by atoms with van der Waals surface area (Å²) < 4.78 is 21.6. The third-order valence-electron chi connectivity index (χ3n) is 5.43. The molecule has 7 N–H and O–H groups in total. The Balaban J connectivity index is 1.65. The standard InChI is InChI=1S/C20H27NO11/c21-6-10(9-4-2-1-3-5-9)30-20-18(28)16(26)14(24)12(32-20)8-29-19-17(27)15(25)13(23)11(7-22)31-19/h1-5,10-20,22-28H,7-8H2/t10-,11-,12+,13+,14+,15+,16-,17+,18+,19-,20+/m1/s1. The van der Waals surface area contributed by atoms with Gasteiger partial charge in [0, 0.05) is 0 Å². The average Bonchev–Trinajstić information content (AvgIpc) is 2.81. The zero-order valence-corrected chi connectivity index (χ0v) is 16.9. The molecule has 1 aromatic rings. The van der Waals surface area contributed by atoms with Gasteiger partial charge in [0.05, 0.1) is 19.3 Å². The highest BCUT2D eigenvalue weighted by Crippen LogP contribution is 2.28. The fourth-order valence-corrected chi connectivity index (χ4v) is 3.51. The zero-order valence-electron chi connectivity index (χ0n) is 16.9. The summed E-state index contributed by atoms with van der Waals surface area (Å²) in [6.07, 6.45) is -16.5. The molecule has 1 aromatic carbocycles. The van der Waals surface area contributed by atoms with Gasteiger partial charge in [0.25, 0.3) is 0 Å². The fourth-order valence-electron chi connectivity index (χ4n) is 3.51. The van der Waals surface area contributed by atoms with Gasteiger partial charge in [-0.25, -0.2) is 0 Å². The van der Waals surface area contributed by atoms with E-state index in [0.29, 0.717) is 5.56 Å². The molecule has 11 atom stereocenters. The Morgan fingerprint density at radius 1 is 0.812 bits per heavy atom. The van der Waals surface area contributed by atoms with Crippen LogP contribution in [0.1, 0.15) is 11.7 Å². The number of hydrogen-bond acceptors (Lipinski definition) is 12. The average molecular weight is 457 g/mol. The number of rotatable bonds is 7. The first-order valence-electron chi connectivity index (χ1n) is 10.00. The van der Waals surface area contributed by atoms with E-state index >= 15 is 0 Å². The smallest absolute Gasteiger partial charge is 0.188 e. The van der Waals surface area contributed by atoms with Gasteiger partial charge in [-0.2, -0.15) is 5.26 Å². The van der Waals surface area contributed by atoms with Gasteiger partial charge in [-0.1, -0.05) is 30.3 Å². The molecule has 178 valence electrons. The predicted molar refractivity (Wildman–Crippen MR) is 102 cm³/mol. The lowest BCUT2D eigenvalue weighted by molar-refractivity contribution is -0.334. The van der Waals surface area contributed by atoms with Gasteiger partial charge >= 0.3 is 0 Å². The van der Waals surface area contributed by atoms with Crippen LogP contribution in [0.3, 0.4) is 0 Å². The summed E-state index contributed by atoms with van der Waals surface area (Å²) in [7, 11) is 0. The first-order chi connectivity index (χ1) is 15.3. The van der Waals surface area contributed by atoms with Crippen LogP contribution >= 0.6 is 0 Å². The normalized spacial score (nSPS) is 41.1. The Labute approximate surface area is 183 Å². The highest BCUT2D eigenvalue weighted by atomic mass is 16.7. The molecule has 2 fully saturated rings. The molecule has 12 nitrogen and oxygen atoms in total. The lowest BCUT2D eigenvalue weighted by Crippen LogP contribution is -2.61. The summed E-state index contributed by atoms with van der Waals surface area (Å²) >= 11 is 0. The maximum Gasteiger partial charge on any atom is 0.188 e. The Morgan fingerprint density at radius 3 is 1.97 bits per heavy atom. The van der Waals surface area contributed by atoms with Gasteiger partial charge in [-0.15, -0.1) is 0 Å². The Hall–Kier alpha value is -1.73. The summed E-state index contributed by atoms with van der Waals surface area (Å²) in [5.41, 5.74) is 0.487. The van der Waals surface area contributed by atoms with E-state index in [2.05, 4.69) is 0 Å². The van der Waals surface area contributed by atoms with E-state index in [4.69, 9.17) is 18.9 Å². The third kappa shape index (κ3) is 5.25. The summed E-state index contributed by atoms with van der Waals surface area (Å²) in [4.78, 5) is 0. The molecule has 3 rings (SSSR count). The molecule has 2 saturated heterocycles. The van der Waals surface area contributed by atoms with Crippen molar-refractivity contribution in [3.63, 3.8) is 0 Å². The van der Waals surface area contributed by atoms with Gasteiger partial charge < -0.3 is 54.7 Å². The molecule has 2 aliphatic rings. The van der Waals surface area contributed by atoms with Gasteiger partial charge in [-0.3, -0.25) is 0 Å². The van der Waals surface area contributed by atoms with E-state index in [1.165, 1.54) is 0 Å². The molecular weight excluding hydrogens is 430 g/mol. The van der Waals surface area contributed by atoms with Crippen LogP contribution in [0.2, 0.25) is 0 Å². The molecule has 0 aliphatic carbocycles. The zero-order chi connectivity index (χ0) is 23.4. The van der Waals surface area contributed by atoms with E-state index in [9.17, 15) is 41.0 Å². The number of benzene rings is 1. The van der Waals surface area contributed by atoms with Gasteiger partial charge in [0.1, 0.15) is 48.8 Å². The molecule has 32 heavy (non-hydrogen) atoms. The topological polar surface area (TPSA) is 202 Å². The van der Waals surface area contributed by atoms with Crippen LogP contribution < -0.4 is 0 Å². The van der Waals surface area contributed by atoms with Crippen molar-refractivity contribution in [1.82, 2.24) is 0 Å². The van der Waals surface area contributed by atoms with E-state index in [1.54, 1.807) is 30.3 Å². The van der Waals surface area contributed by atoms with Crippen molar-refractivity contribution in [2.45, 2.75) is 67.5 Å². The molecule has 2 heterocycles. The largest absolute Gasteiger partial charge is 0.394 e. The molecule has 0 bridgehead atoms. The summed E-state index contributed by atoms with van der Waals surface area (Å²) in [5.74, 6) is 0. The molecule has 0 aromatic heterocycles. The van der Waals surface area contributed by atoms with Crippen molar-refractivity contribution in [3.8, 4) is 6.07 Å². The van der Waals surface area contributed by atoms with E-state index in [-0.39, 0.29) is 0 Å². The SMILES string of the molecule is N#C[C@@H](O[C@H]1O[C@@H](CO[C@@H]2O[C@H](CO)[C@H](O)[C@H](O)[C@@H]2O)[C@H](O)[C@@H](O)[C@@H]1O)c1ccccc1. The van der Waals surface area contributed by atoms with Gasteiger partial charge in [-0.05, 0) is 5.56 Å². The number of ether oxygens (including phenoxy) is 4. The Morgan fingerprint density at radius 2 is 1.38 bits per heavy atom. The summed E-state index contributed by atoms with van der Waals surface area (Å²) in [6.45, 7) is -1.14. The third-order valence-corrected chi connectivity index (χ3v) is 5.43. The minimum absolute atomic E-state index is 0.487. The van der Waals surface area contributed by atoms with Crippen molar-refractivity contribution in [1.29, 1.82) is 5.26 Å². The molecule has 12 heteroatoms. The minimum Gasteiger partial charge on any atom is -0.394 e. The van der Waals surface area contributed by atoms with Crippen LogP contribution in [0.15, 0.2) is 30.3 Å². The number of aliphatic hydroxyl groups is 7. The number of aliphatic hydroxyl groups excluding tert-OH is 7. The molecule has 0 radical (unpaired) electrons. The van der Waals surface area contributed by atoms with E-state index in [0.717, 1.165) is 0 Å². The second kappa shape index (κ2) is 10.9. The number of nitrogens with zero attached hydrogens (tertiary/aromatic N) is 1. The van der Waals surface area contributed by atoms with Crippen molar-refractivity contribution >= 4 is 0 Å². The molecule has 0 amide bonds. The lowest BCUT2D eigenvalue weighted by Gasteiger charge is -2.43. The van der Waals surface area contributed by atoms with Crippen LogP contribution in [0.4, 0.5) is 0 Å². The van der Waals surface area contributed by atoms with Crippen molar-refractivity contribution in [2.24, 2.45) is 0 Å². The quantitative estimate of drug-likeness (QED) is 0.218. The Bertz CT molecular complexity index is 760. The van der Waals surface area contributed by atoms with Crippen LogP contribution in [0.25, 0.3) is 0 Å². The minimum atomic E-state index is -1.70. The monoisotopic (exact) mass is 457 g/mol. The molecule has 0 unspecified atom stereocenters. The predicted octanol–water partition coefficient (Wildman–Crippen LogP) is -3.11. The first-order valence-corrected chi connectivity index (χ1v) is 10.00.